The van der Waals surface area contributed by atoms with Crippen LogP contribution in [0.2, 0.25) is 0 Å². The summed E-state index contributed by atoms with van der Waals surface area (Å²) in [5.74, 6) is 1.03. The Kier molecular flexibility index (Phi) is 4.71. The van der Waals surface area contributed by atoms with Crippen molar-refractivity contribution in [2.75, 3.05) is 33.1 Å². The van der Waals surface area contributed by atoms with Gasteiger partial charge in [-0.05, 0) is 50.2 Å². The Morgan fingerprint density at radius 2 is 1.92 bits per heavy atom. The molecule has 2 aromatic rings. The highest BCUT2D eigenvalue weighted by Gasteiger charge is 2.39. The third kappa shape index (κ3) is 3.35. The fourth-order valence-electron chi connectivity index (χ4n) is 3.01. The molecule has 130 valence electrons. The van der Waals surface area contributed by atoms with Crippen LogP contribution in [0.1, 0.15) is 18.7 Å². The van der Waals surface area contributed by atoms with E-state index >= 15 is 0 Å². The topological polar surface area (TPSA) is 94.3 Å². The Balaban J connectivity index is 1.89. The molecule has 1 aromatic heterocycles. The number of sulfone groups is 1. The van der Waals surface area contributed by atoms with Gasteiger partial charge in [0.05, 0.1) is 16.9 Å². The van der Waals surface area contributed by atoms with Gasteiger partial charge in [-0.25, -0.2) is 8.42 Å². The first-order valence-electron chi connectivity index (χ1n) is 7.79. The smallest absolute Gasteiger partial charge is 0.235 e. The zero-order valence-corrected chi connectivity index (χ0v) is 14.6. The van der Waals surface area contributed by atoms with Gasteiger partial charge in [0, 0.05) is 18.9 Å². The minimum atomic E-state index is -3.22. The van der Waals surface area contributed by atoms with Crippen molar-refractivity contribution in [2.45, 2.75) is 23.2 Å². The molecule has 1 N–H and O–H groups in total. The van der Waals surface area contributed by atoms with Crippen LogP contribution in [0.5, 0.6) is 0 Å². The number of hydrogen-bond acceptors (Lipinski definition) is 7. The average Bonchev–Trinajstić information content (AvgIpc) is 3.06. The molecule has 7 nitrogen and oxygen atoms in total. The van der Waals surface area contributed by atoms with Gasteiger partial charge in [-0.3, -0.25) is 0 Å². The number of hydrogen-bond donors (Lipinski definition) is 1. The second-order valence-corrected chi connectivity index (χ2v) is 8.20. The Morgan fingerprint density at radius 1 is 1.25 bits per heavy atom. The lowest BCUT2D eigenvalue weighted by Crippen LogP contribution is -2.43. The predicted molar refractivity (Wildman–Crippen MR) is 88.5 cm³/mol. The number of methoxy groups -OCH3 is 1. The van der Waals surface area contributed by atoms with Gasteiger partial charge in [-0.2, -0.15) is 4.98 Å². The van der Waals surface area contributed by atoms with Crippen molar-refractivity contribution in [2.24, 2.45) is 0 Å². The van der Waals surface area contributed by atoms with Crippen molar-refractivity contribution in [1.82, 2.24) is 15.5 Å². The number of nitrogens with zero attached hydrogens (tertiary/aromatic N) is 2. The maximum atomic E-state index is 11.5. The summed E-state index contributed by atoms with van der Waals surface area (Å²) in [6, 6.07) is 6.49. The molecular weight excluding hydrogens is 330 g/mol. The Labute approximate surface area is 141 Å². The molecule has 0 radical (unpaired) electrons. The Morgan fingerprint density at radius 3 is 2.50 bits per heavy atom. The lowest BCUT2D eigenvalue weighted by molar-refractivity contribution is 0.0850. The van der Waals surface area contributed by atoms with E-state index in [1.807, 2.05) is 0 Å². The molecule has 1 fully saturated rings. The molecular formula is C16H21N3O4S. The largest absolute Gasteiger partial charge is 0.384 e. The van der Waals surface area contributed by atoms with E-state index in [2.05, 4.69) is 15.5 Å². The summed E-state index contributed by atoms with van der Waals surface area (Å²) >= 11 is 0. The molecule has 0 atom stereocenters. The van der Waals surface area contributed by atoms with Gasteiger partial charge in [0.1, 0.15) is 0 Å². The van der Waals surface area contributed by atoms with Gasteiger partial charge < -0.3 is 14.6 Å². The summed E-state index contributed by atoms with van der Waals surface area (Å²) in [6.45, 7) is 2.29. The van der Waals surface area contributed by atoms with E-state index in [0.717, 1.165) is 31.5 Å². The quantitative estimate of drug-likeness (QED) is 0.870. The van der Waals surface area contributed by atoms with E-state index in [1.165, 1.54) is 6.26 Å². The number of nitrogens with one attached hydrogen (secondary N) is 1. The van der Waals surface area contributed by atoms with Crippen LogP contribution in [0.3, 0.4) is 0 Å². The Hall–Kier alpha value is -1.77. The summed E-state index contributed by atoms with van der Waals surface area (Å²) in [5.41, 5.74) is 0.455. The molecule has 0 saturated carbocycles. The molecule has 0 amide bonds. The zero-order valence-electron chi connectivity index (χ0n) is 13.8. The lowest BCUT2D eigenvalue weighted by Gasteiger charge is -2.33. The van der Waals surface area contributed by atoms with E-state index in [1.54, 1.807) is 31.4 Å². The highest BCUT2D eigenvalue weighted by atomic mass is 32.2. The van der Waals surface area contributed by atoms with Crippen molar-refractivity contribution in [3.8, 4) is 11.4 Å². The number of rotatable bonds is 5. The fourth-order valence-corrected chi connectivity index (χ4v) is 3.64. The van der Waals surface area contributed by atoms with Gasteiger partial charge in [-0.1, -0.05) is 5.16 Å². The van der Waals surface area contributed by atoms with Crippen molar-refractivity contribution in [3.05, 3.63) is 30.2 Å². The second-order valence-electron chi connectivity index (χ2n) is 6.18. The first-order valence-corrected chi connectivity index (χ1v) is 9.68. The summed E-state index contributed by atoms with van der Waals surface area (Å²) in [5, 5.41) is 7.39. The molecule has 0 spiro atoms. The molecule has 2 heterocycles. The third-order valence-corrected chi connectivity index (χ3v) is 5.53. The zero-order chi connectivity index (χ0) is 17.2. The van der Waals surface area contributed by atoms with Crippen LogP contribution in [-0.2, 0) is 20.0 Å². The first kappa shape index (κ1) is 17.1. The third-order valence-electron chi connectivity index (χ3n) is 4.40. The second kappa shape index (κ2) is 6.62. The fraction of sp³-hybridized carbons (Fsp3) is 0.500. The monoisotopic (exact) mass is 351 g/mol. The summed E-state index contributed by atoms with van der Waals surface area (Å²) in [6.07, 6.45) is 2.92. The minimum Gasteiger partial charge on any atom is -0.384 e. The SMILES string of the molecule is COCC1(c2nc(-c3ccc(S(C)(=O)=O)cc3)no2)CCNCC1. The normalized spacial score (nSPS) is 17.8. The molecule has 1 saturated heterocycles. The van der Waals surface area contributed by atoms with Crippen LogP contribution < -0.4 is 5.32 Å². The lowest BCUT2D eigenvalue weighted by atomic mass is 9.79. The van der Waals surface area contributed by atoms with Crippen molar-refractivity contribution in [3.63, 3.8) is 0 Å². The molecule has 1 aliphatic rings. The van der Waals surface area contributed by atoms with Crippen LogP contribution in [0.25, 0.3) is 11.4 Å². The van der Waals surface area contributed by atoms with Crippen molar-refractivity contribution in [1.29, 1.82) is 0 Å². The number of piperidine rings is 1. The van der Waals surface area contributed by atoms with Crippen LogP contribution in [0.15, 0.2) is 33.7 Å². The standard InChI is InChI=1S/C16H21N3O4S/c1-22-11-16(7-9-17-10-8-16)15-18-14(19-23-15)12-3-5-13(6-4-12)24(2,20)21/h3-6,17H,7-11H2,1-2H3. The van der Waals surface area contributed by atoms with Crippen molar-refractivity contribution >= 4 is 9.84 Å². The highest BCUT2D eigenvalue weighted by Crippen LogP contribution is 2.33. The number of aromatic nitrogens is 2. The number of ether oxygens (including phenoxy) is 1. The molecule has 8 heteroatoms. The van der Waals surface area contributed by atoms with Gasteiger partial charge >= 0.3 is 0 Å². The molecule has 0 unspecified atom stereocenters. The maximum absolute atomic E-state index is 11.5. The van der Waals surface area contributed by atoms with Crippen LogP contribution in [0, 0.1) is 0 Å². The molecule has 0 aliphatic carbocycles. The molecule has 3 rings (SSSR count). The summed E-state index contributed by atoms with van der Waals surface area (Å²) in [7, 11) is -1.55. The first-order chi connectivity index (χ1) is 11.4. The Bertz CT molecular complexity index is 787. The molecule has 24 heavy (non-hydrogen) atoms. The van der Waals surface area contributed by atoms with E-state index in [0.29, 0.717) is 18.3 Å². The van der Waals surface area contributed by atoms with Crippen LogP contribution >= 0.6 is 0 Å². The molecule has 1 aliphatic heterocycles. The predicted octanol–water partition coefficient (Wildman–Crippen LogP) is 1.41. The van der Waals surface area contributed by atoms with E-state index in [-0.39, 0.29) is 10.3 Å². The van der Waals surface area contributed by atoms with E-state index in [9.17, 15) is 8.42 Å². The van der Waals surface area contributed by atoms with Crippen LogP contribution in [0.4, 0.5) is 0 Å². The molecule has 0 bridgehead atoms. The van der Waals surface area contributed by atoms with Gasteiger partial charge in [0.2, 0.25) is 11.7 Å². The van der Waals surface area contributed by atoms with Crippen LogP contribution in [-0.4, -0.2) is 51.6 Å². The number of benzene rings is 1. The van der Waals surface area contributed by atoms with Crippen molar-refractivity contribution < 1.29 is 17.7 Å². The molecule has 1 aromatic carbocycles. The van der Waals surface area contributed by atoms with Gasteiger partial charge in [-0.15, -0.1) is 0 Å². The summed E-state index contributed by atoms with van der Waals surface area (Å²) < 4.78 is 34.0. The van der Waals surface area contributed by atoms with E-state index < -0.39 is 9.84 Å². The summed E-state index contributed by atoms with van der Waals surface area (Å²) in [4.78, 5) is 4.82. The van der Waals surface area contributed by atoms with Gasteiger partial charge in [0.15, 0.2) is 9.84 Å². The maximum Gasteiger partial charge on any atom is 0.235 e. The average molecular weight is 351 g/mol. The minimum absolute atomic E-state index is 0.266. The van der Waals surface area contributed by atoms with E-state index in [4.69, 9.17) is 9.26 Å². The van der Waals surface area contributed by atoms with Gasteiger partial charge in [0.25, 0.3) is 0 Å². The highest BCUT2D eigenvalue weighted by molar-refractivity contribution is 7.90.